The number of pyridine rings is 1. The van der Waals surface area contributed by atoms with Gasteiger partial charge in [-0.05, 0) is 29.3 Å². The van der Waals surface area contributed by atoms with Crippen molar-refractivity contribution in [2.75, 3.05) is 0 Å². The minimum atomic E-state index is -1.04. The third-order valence-electron chi connectivity index (χ3n) is 2.68. The molecule has 0 amide bonds. The third kappa shape index (κ3) is 2.46. The molecule has 0 bridgehead atoms. The molecule has 1 N–H and O–H groups in total. The first kappa shape index (κ1) is 12.6. The molecule has 20 heavy (non-hydrogen) atoms. The zero-order valence-electron chi connectivity index (χ0n) is 10.2. The second-order valence-corrected chi connectivity index (χ2v) is 5.00. The molecule has 3 aromatic rings. The van der Waals surface area contributed by atoms with E-state index in [9.17, 15) is 4.79 Å². The van der Waals surface area contributed by atoms with E-state index in [2.05, 4.69) is 15.0 Å². The van der Waals surface area contributed by atoms with E-state index in [1.165, 1.54) is 18.1 Å². The number of nitrogens with zero attached hydrogens (tertiary/aromatic N) is 3. The predicted molar refractivity (Wildman–Crippen MR) is 74.9 cm³/mol. The second-order valence-electron chi connectivity index (χ2n) is 3.99. The molecule has 2 heterocycles. The fourth-order valence-electron chi connectivity index (χ4n) is 1.79. The Morgan fingerprint density at radius 3 is 2.80 bits per heavy atom. The van der Waals surface area contributed by atoms with Crippen LogP contribution in [0.3, 0.4) is 0 Å². The van der Waals surface area contributed by atoms with Crippen LogP contribution in [0.5, 0.6) is 0 Å². The van der Waals surface area contributed by atoms with Gasteiger partial charge in [0.15, 0.2) is 0 Å². The van der Waals surface area contributed by atoms with Gasteiger partial charge in [-0.15, -0.1) is 0 Å². The lowest BCUT2D eigenvalue weighted by Gasteiger charge is -2.06. The summed E-state index contributed by atoms with van der Waals surface area (Å²) in [5.41, 5.74) is 0.0280. The van der Waals surface area contributed by atoms with Gasteiger partial charge in [-0.3, -0.25) is 0 Å². The van der Waals surface area contributed by atoms with E-state index in [0.717, 1.165) is 15.8 Å². The summed E-state index contributed by atoms with van der Waals surface area (Å²) in [5, 5.41) is 12.2. The fourth-order valence-corrected chi connectivity index (χ4v) is 2.66. The van der Waals surface area contributed by atoms with Gasteiger partial charge in [0.2, 0.25) is 0 Å². The van der Waals surface area contributed by atoms with Crippen molar-refractivity contribution in [1.82, 2.24) is 15.0 Å². The van der Waals surface area contributed by atoms with E-state index in [-0.39, 0.29) is 5.69 Å². The number of carboxylic acid groups (broad SMARTS) is 1. The molecule has 98 valence electrons. The van der Waals surface area contributed by atoms with Crippen molar-refractivity contribution in [3.63, 3.8) is 0 Å². The average molecular weight is 283 g/mol. The molecule has 0 saturated heterocycles. The summed E-state index contributed by atoms with van der Waals surface area (Å²) in [6.07, 6.45) is 3.09. The molecule has 6 heteroatoms. The highest BCUT2D eigenvalue weighted by Gasteiger charge is 2.12. The molecule has 0 atom stereocenters. The van der Waals surface area contributed by atoms with Crippen LogP contribution in [0.1, 0.15) is 10.5 Å². The number of benzene rings is 1. The number of hydrogen-bond donors (Lipinski definition) is 1. The topological polar surface area (TPSA) is 76.0 Å². The smallest absolute Gasteiger partial charge is 0.354 e. The molecule has 0 spiro atoms. The normalized spacial score (nSPS) is 10.6. The van der Waals surface area contributed by atoms with Crippen LogP contribution in [0.15, 0.2) is 59.0 Å². The molecule has 0 saturated carbocycles. The minimum Gasteiger partial charge on any atom is -0.477 e. The zero-order valence-corrected chi connectivity index (χ0v) is 11.0. The number of aromatic nitrogens is 3. The van der Waals surface area contributed by atoms with Gasteiger partial charge in [-0.2, -0.15) is 0 Å². The van der Waals surface area contributed by atoms with Gasteiger partial charge in [0.05, 0.1) is 0 Å². The van der Waals surface area contributed by atoms with E-state index in [1.54, 1.807) is 18.3 Å². The molecule has 1 aromatic carbocycles. The van der Waals surface area contributed by atoms with Crippen LogP contribution in [-0.2, 0) is 0 Å². The Morgan fingerprint density at radius 1 is 1.20 bits per heavy atom. The molecular formula is C14H9N3O2S. The molecule has 0 aliphatic heterocycles. The lowest BCUT2D eigenvalue weighted by atomic mass is 10.1. The molecule has 0 unspecified atom stereocenters. The van der Waals surface area contributed by atoms with Gasteiger partial charge in [-0.25, -0.2) is 19.7 Å². The summed E-state index contributed by atoms with van der Waals surface area (Å²) in [4.78, 5) is 23.3. The Labute approximate surface area is 118 Å². The van der Waals surface area contributed by atoms with Gasteiger partial charge in [-0.1, -0.05) is 24.3 Å². The summed E-state index contributed by atoms with van der Waals surface area (Å²) in [7, 11) is 0. The number of fused-ring (bicyclic) bond motifs is 1. The van der Waals surface area contributed by atoms with Crippen molar-refractivity contribution in [3.8, 4) is 0 Å². The Kier molecular flexibility index (Phi) is 3.30. The van der Waals surface area contributed by atoms with Crippen LogP contribution in [0, 0.1) is 0 Å². The minimum absolute atomic E-state index is 0.0280. The van der Waals surface area contributed by atoms with Crippen LogP contribution in [0.4, 0.5) is 0 Å². The van der Waals surface area contributed by atoms with Crippen molar-refractivity contribution in [1.29, 1.82) is 0 Å². The second kappa shape index (κ2) is 5.26. The molecule has 5 nitrogen and oxygen atoms in total. The Hall–Kier alpha value is -2.47. The monoisotopic (exact) mass is 283 g/mol. The van der Waals surface area contributed by atoms with Crippen LogP contribution >= 0.6 is 11.8 Å². The molecule has 3 rings (SSSR count). The highest BCUT2D eigenvalue weighted by Crippen LogP contribution is 2.31. The van der Waals surface area contributed by atoms with E-state index in [0.29, 0.717) is 5.03 Å². The van der Waals surface area contributed by atoms with E-state index < -0.39 is 5.97 Å². The SMILES string of the molecule is O=C(O)c1cc2ccccc2c(Sc2ccncn2)n1. The van der Waals surface area contributed by atoms with Crippen molar-refractivity contribution >= 4 is 28.5 Å². The highest BCUT2D eigenvalue weighted by molar-refractivity contribution is 7.99. The number of carboxylic acids is 1. The van der Waals surface area contributed by atoms with E-state index in [1.807, 2.05) is 24.3 Å². The Morgan fingerprint density at radius 2 is 2.05 bits per heavy atom. The standard InChI is InChI=1S/C14H9N3O2S/c18-14(19)11-7-9-3-1-2-4-10(9)13(17-11)20-12-5-6-15-8-16-12/h1-8H,(H,18,19). The molecule has 0 aliphatic carbocycles. The summed E-state index contributed by atoms with van der Waals surface area (Å²) < 4.78 is 0. The first-order valence-electron chi connectivity index (χ1n) is 5.81. The molecule has 2 aromatic heterocycles. The van der Waals surface area contributed by atoms with E-state index in [4.69, 9.17) is 5.11 Å². The summed E-state index contributed by atoms with van der Waals surface area (Å²) >= 11 is 1.32. The van der Waals surface area contributed by atoms with Crippen molar-refractivity contribution in [2.45, 2.75) is 10.1 Å². The maximum absolute atomic E-state index is 11.2. The molecular weight excluding hydrogens is 274 g/mol. The van der Waals surface area contributed by atoms with Gasteiger partial charge < -0.3 is 5.11 Å². The fraction of sp³-hybridized carbons (Fsp3) is 0. The van der Waals surface area contributed by atoms with Crippen molar-refractivity contribution in [2.24, 2.45) is 0 Å². The summed E-state index contributed by atoms with van der Waals surface area (Å²) in [6.45, 7) is 0. The van der Waals surface area contributed by atoms with Crippen LogP contribution in [0.2, 0.25) is 0 Å². The first-order chi connectivity index (χ1) is 9.74. The Bertz CT molecular complexity index is 778. The Balaban J connectivity index is 2.15. The number of aromatic carboxylic acids is 1. The maximum atomic E-state index is 11.2. The van der Waals surface area contributed by atoms with Crippen LogP contribution in [-0.4, -0.2) is 26.0 Å². The van der Waals surface area contributed by atoms with E-state index >= 15 is 0 Å². The first-order valence-corrected chi connectivity index (χ1v) is 6.62. The lowest BCUT2D eigenvalue weighted by molar-refractivity contribution is 0.0690. The van der Waals surface area contributed by atoms with Crippen LogP contribution in [0.25, 0.3) is 10.8 Å². The van der Waals surface area contributed by atoms with Gasteiger partial charge >= 0.3 is 5.97 Å². The highest BCUT2D eigenvalue weighted by atomic mass is 32.2. The van der Waals surface area contributed by atoms with Crippen LogP contribution < -0.4 is 0 Å². The summed E-state index contributed by atoms with van der Waals surface area (Å²) in [5.74, 6) is -1.04. The number of rotatable bonds is 3. The van der Waals surface area contributed by atoms with Gasteiger partial charge in [0.1, 0.15) is 22.1 Å². The van der Waals surface area contributed by atoms with Gasteiger partial charge in [0.25, 0.3) is 0 Å². The molecule has 0 aliphatic rings. The summed E-state index contributed by atoms with van der Waals surface area (Å²) in [6, 6.07) is 10.9. The number of hydrogen-bond acceptors (Lipinski definition) is 5. The lowest BCUT2D eigenvalue weighted by Crippen LogP contribution is -2.01. The predicted octanol–water partition coefficient (Wildman–Crippen LogP) is 2.87. The molecule has 0 fully saturated rings. The zero-order chi connectivity index (χ0) is 13.9. The largest absolute Gasteiger partial charge is 0.477 e. The third-order valence-corrected chi connectivity index (χ3v) is 3.64. The van der Waals surface area contributed by atoms with Crippen molar-refractivity contribution in [3.05, 3.63) is 54.6 Å². The molecule has 0 radical (unpaired) electrons. The average Bonchev–Trinajstić information content (AvgIpc) is 2.48. The quantitative estimate of drug-likeness (QED) is 0.745. The van der Waals surface area contributed by atoms with Crippen molar-refractivity contribution < 1.29 is 9.90 Å². The maximum Gasteiger partial charge on any atom is 0.354 e. The number of carbonyl (C=O) groups is 1. The van der Waals surface area contributed by atoms with Gasteiger partial charge in [0, 0.05) is 11.6 Å².